The number of likely N-dealkylation sites (tertiary alicyclic amines) is 1. The molecule has 146 valence electrons. The molecule has 0 saturated carbocycles. The number of guanidine groups is 1. The summed E-state index contributed by atoms with van der Waals surface area (Å²) in [7, 11) is 0. The van der Waals surface area contributed by atoms with E-state index < -0.39 is 0 Å². The number of aliphatic imine (C=N–C) groups is 1. The quantitative estimate of drug-likeness (QED) is 0.566. The summed E-state index contributed by atoms with van der Waals surface area (Å²) in [4.78, 5) is 10.0. The minimum atomic E-state index is 0.532. The van der Waals surface area contributed by atoms with E-state index in [0.29, 0.717) is 6.04 Å². The molecule has 0 spiro atoms. The molecule has 6 heteroatoms. The largest absolute Gasteiger partial charge is 0.363 e. The van der Waals surface area contributed by atoms with Crippen molar-refractivity contribution in [2.24, 2.45) is 10.9 Å². The fraction of sp³-hybridized carbons (Fsp3) is 0.750. The van der Waals surface area contributed by atoms with Gasteiger partial charge in [-0.2, -0.15) is 0 Å². The third-order valence-corrected chi connectivity index (χ3v) is 6.34. The predicted octanol–water partition coefficient (Wildman–Crippen LogP) is 3.00. The van der Waals surface area contributed by atoms with Gasteiger partial charge in [-0.3, -0.25) is 4.99 Å². The number of hydrogen-bond donors (Lipinski definition) is 2. The first-order valence-corrected chi connectivity index (χ1v) is 11.2. The molecule has 0 amide bonds. The van der Waals surface area contributed by atoms with Crippen molar-refractivity contribution in [1.29, 1.82) is 0 Å². The summed E-state index contributed by atoms with van der Waals surface area (Å²) < 4.78 is 0. The van der Waals surface area contributed by atoms with Crippen LogP contribution in [-0.4, -0.2) is 62.7 Å². The van der Waals surface area contributed by atoms with E-state index >= 15 is 0 Å². The lowest BCUT2D eigenvalue weighted by Crippen LogP contribution is -2.48. The molecule has 2 aliphatic heterocycles. The van der Waals surface area contributed by atoms with E-state index in [9.17, 15) is 0 Å². The molecule has 0 radical (unpaired) electrons. The van der Waals surface area contributed by atoms with E-state index in [1.165, 1.54) is 50.3 Å². The average molecular weight is 378 g/mol. The third kappa shape index (κ3) is 5.61. The van der Waals surface area contributed by atoms with Crippen molar-refractivity contribution in [3.63, 3.8) is 0 Å². The Labute approximate surface area is 162 Å². The Morgan fingerprint density at radius 1 is 1.23 bits per heavy atom. The zero-order valence-corrected chi connectivity index (χ0v) is 17.2. The van der Waals surface area contributed by atoms with Crippen LogP contribution < -0.4 is 15.5 Å². The van der Waals surface area contributed by atoms with Crippen molar-refractivity contribution < 1.29 is 0 Å². The second-order valence-corrected chi connectivity index (χ2v) is 8.46. The topological polar surface area (TPSA) is 42.9 Å². The Bertz CT molecular complexity index is 536. The van der Waals surface area contributed by atoms with Gasteiger partial charge in [-0.1, -0.05) is 6.92 Å². The lowest BCUT2D eigenvalue weighted by atomic mass is 10.1. The van der Waals surface area contributed by atoms with Gasteiger partial charge in [0.1, 0.15) is 0 Å². The van der Waals surface area contributed by atoms with Crippen LogP contribution in [0.1, 0.15) is 39.5 Å². The summed E-state index contributed by atoms with van der Waals surface area (Å²) in [6.07, 6.45) is 4.90. The average Bonchev–Trinajstić information content (AvgIpc) is 3.33. The summed E-state index contributed by atoms with van der Waals surface area (Å²) in [5.41, 5.74) is 0. The summed E-state index contributed by atoms with van der Waals surface area (Å²) in [5, 5.41) is 10.7. The highest BCUT2D eigenvalue weighted by Crippen LogP contribution is 2.24. The van der Waals surface area contributed by atoms with Crippen molar-refractivity contribution in [1.82, 2.24) is 15.5 Å². The first kappa shape index (κ1) is 19.5. The van der Waals surface area contributed by atoms with Gasteiger partial charge in [0.2, 0.25) is 0 Å². The van der Waals surface area contributed by atoms with Crippen LogP contribution in [0.15, 0.2) is 22.5 Å². The van der Waals surface area contributed by atoms with Crippen molar-refractivity contribution in [3.8, 4) is 0 Å². The van der Waals surface area contributed by atoms with Gasteiger partial charge in [-0.05, 0) is 69.1 Å². The summed E-state index contributed by atoms with van der Waals surface area (Å²) in [6.45, 7) is 12.3. The fourth-order valence-corrected chi connectivity index (χ4v) is 4.79. The van der Waals surface area contributed by atoms with Gasteiger partial charge in [-0.25, -0.2) is 0 Å². The third-order valence-electron chi connectivity index (χ3n) is 5.42. The number of hydrogen-bond acceptors (Lipinski definition) is 4. The minimum Gasteiger partial charge on any atom is -0.363 e. The van der Waals surface area contributed by atoms with E-state index in [4.69, 9.17) is 4.99 Å². The molecule has 2 saturated heterocycles. The first-order valence-electron chi connectivity index (χ1n) is 10.3. The normalized spacial score (nSPS) is 22.8. The van der Waals surface area contributed by atoms with Gasteiger partial charge in [0, 0.05) is 38.8 Å². The molecule has 3 heterocycles. The summed E-state index contributed by atoms with van der Waals surface area (Å²) >= 11 is 1.84. The smallest absolute Gasteiger partial charge is 0.191 e. The van der Waals surface area contributed by atoms with Crippen LogP contribution in [0, 0.1) is 5.92 Å². The molecule has 2 aliphatic rings. The van der Waals surface area contributed by atoms with Crippen LogP contribution in [0.2, 0.25) is 0 Å². The zero-order valence-electron chi connectivity index (χ0n) is 16.4. The standard InChI is InChI=1S/C20H35N5S/c1-3-10-24-11-7-17(16-24)15-22-20(21-4-2)23-18-8-12-25(13-9-18)19-6-5-14-26-19/h5-6,14,17-18H,3-4,7-13,15-16H2,1-2H3,(H2,21,22,23). The Morgan fingerprint density at radius 2 is 2.08 bits per heavy atom. The molecule has 0 bridgehead atoms. The minimum absolute atomic E-state index is 0.532. The van der Waals surface area contributed by atoms with Crippen molar-refractivity contribution >= 4 is 22.3 Å². The second-order valence-electron chi connectivity index (χ2n) is 7.53. The highest BCUT2D eigenvalue weighted by Gasteiger charge is 2.23. The molecule has 1 unspecified atom stereocenters. The van der Waals surface area contributed by atoms with E-state index in [2.05, 4.69) is 51.8 Å². The maximum absolute atomic E-state index is 4.91. The highest BCUT2D eigenvalue weighted by molar-refractivity contribution is 7.14. The zero-order chi connectivity index (χ0) is 18.2. The van der Waals surface area contributed by atoms with Gasteiger partial charge < -0.3 is 20.4 Å². The monoisotopic (exact) mass is 377 g/mol. The number of rotatable bonds is 7. The molecule has 3 rings (SSSR count). The lowest BCUT2D eigenvalue weighted by molar-refractivity contribution is 0.326. The molecule has 26 heavy (non-hydrogen) atoms. The van der Waals surface area contributed by atoms with Crippen LogP contribution in [-0.2, 0) is 0 Å². The molecular weight excluding hydrogens is 342 g/mol. The molecular formula is C20H35N5S. The molecule has 2 N–H and O–H groups in total. The van der Waals surface area contributed by atoms with Gasteiger partial charge in [-0.15, -0.1) is 11.3 Å². The molecule has 0 aliphatic carbocycles. The number of nitrogens with one attached hydrogen (secondary N) is 2. The fourth-order valence-electron chi connectivity index (χ4n) is 4.01. The van der Waals surface area contributed by atoms with Crippen LogP contribution in [0.3, 0.4) is 0 Å². The van der Waals surface area contributed by atoms with Gasteiger partial charge >= 0.3 is 0 Å². The van der Waals surface area contributed by atoms with E-state index in [-0.39, 0.29) is 0 Å². The Hall–Kier alpha value is -1.27. The number of piperidine rings is 1. The van der Waals surface area contributed by atoms with Crippen molar-refractivity contribution in [3.05, 3.63) is 17.5 Å². The molecule has 0 aromatic carbocycles. The van der Waals surface area contributed by atoms with E-state index in [0.717, 1.165) is 38.1 Å². The lowest BCUT2D eigenvalue weighted by Gasteiger charge is -2.33. The van der Waals surface area contributed by atoms with Gasteiger partial charge in [0.05, 0.1) is 5.00 Å². The molecule has 1 aromatic rings. The van der Waals surface area contributed by atoms with Crippen LogP contribution in [0.5, 0.6) is 0 Å². The molecule has 5 nitrogen and oxygen atoms in total. The maximum atomic E-state index is 4.91. The Morgan fingerprint density at radius 3 is 2.77 bits per heavy atom. The van der Waals surface area contributed by atoms with Gasteiger partial charge in [0.15, 0.2) is 5.96 Å². The number of nitrogens with zero attached hydrogens (tertiary/aromatic N) is 3. The van der Waals surface area contributed by atoms with Crippen LogP contribution in [0.4, 0.5) is 5.00 Å². The van der Waals surface area contributed by atoms with E-state index in [1.807, 2.05) is 11.3 Å². The summed E-state index contributed by atoms with van der Waals surface area (Å²) in [5.74, 6) is 1.73. The molecule has 2 fully saturated rings. The van der Waals surface area contributed by atoms with Crippen LogP contribution in [0.25, 0.3) is 0 Å². The Balaban J connectivity index is 1.45. The first-order chi connectivity index (χ1) is 12.8. The molecule has 1 aromatic heterocycles. The Kier molecular flexibility index (Phi) is 7.62. The van der Waals surface area contributed by atoms with Crippen molar-refractivity contribution in [2.45, 2.75) is 45.6 Å². The summed E-state index contributed by atoms with van der Waals surface area (Å²) in [6, 6.07) is 4.90. The SMILES string of the molecule is CCCN1CCC(CN=C(NCC)NC2CCN(c3cccs3)CC2)C1. The highest BCUT2D eigenvalue weighted by atomic mass is 32.1. The van der Waals surface area contributed by atoms with Crippen molar-refractivity contribution in [2.75, 3.05) is 50.7 Å². The number of anilines is 1. The van der Waals surface area contributed by atoms with E-state index in [1.54, 1.807) is 0 Å². The van der Waals surface area contributed by atoms with Crippen LogP contribution >= 0.6 is 11.3 Å². The van der Waals surface area contributed by atoms with Gasteiger partial charge in [0.25, 0.3) is 0 Å². The second kappa shape index (κ2) is 10.2. The number of thiophene rings is 1. The maximum Gasteiger partial charge on any atom is 0.191 e. The molecule has 1 atom stereocenters. The predicted molar refractivity (Wildman–Crippen MR) is 114 cm³/mol.